The molecule has 0 saturated carbocycles. The Morgan fingerprint density at radius 2 is 2.11 bits per heavy atom. The van der Waals surface area contributed by atoms with Crippen LogP contribution < -0.4 is 5.73 Å². The zero-order valence-corrected chi connectivity index (χ0v) is 11.1. The molecular formula is C13H8ClFN2OS. The van der Waals surface area contributed by atoms with E-state index in [1.54, 1.807) is 18.2 Å². The third-order valence-corrected chi connectivity index (χ3v) is 3.88. The monoisotopic (exact) mass is 294 g/mol. The van der Waals surface area contributed by atoms with Crippen LogP contribution in [0.15, 0.2) is 40.9 Å². The first-order chi connectivity index (χ1) is 9.15. The molecule has 0 unspecified atom stereocenters. The van der Waals surface area contributed by atoms with Crippen LogP contribution in [0, 0.1) is 5.82 Å². The van der Waals surface area contributed by atoms with Gasteiger partial charge in [0.25, 0.3) is 0 Å². The number of nitrogens with two attached hydrogens (primary N) is 1. The van der Waals surface area contributed by atoms with Gasteiger partial charge in [0, 0.05) is 0 Å². The van der Waals surface area contributed by atoms with Gasteiger partial charge in [0.2, 0.25) is 5.88 Å². The molecule has 2 aromatic heterocycles. The molecule has 0 saturated heterocycles. The average molecular weight is 295 g/mol. The Labute approximate surface area is 117 Å². The highest BCUT2D eigenvalue weighted by Crippen LogP contribution is 2.40. The van der Waals surface area contributed by atoms with Gasteiger partial charge >= 0.3 is 0 Å². The van der Waals surface area contributed by atoms with E-state index in [1.807, 2.05) is 6.07 Å². The highest BCUT2D eigenvalue weighted by atomic mass is 35.5. The highest BCUT2D eigenvalue weighted by molar-refractivity contribution is 7.19. The first-order valence-electron chi connectivity index (χ1n) is 5.42. The quantitative estimate of drug-likeness (QED) is 0.760. The molecule has 0 atom stereocenters. The number of benzene rings is 1. The molecule has 19 heavy (non-hydrogen) atoms. The van der Waals surface area contributed by atoms with Crippen molar-refractivity contribution < 1.29 is 8.91 Å². The van der Waals surface area contributed by atoms with E-state index in [0.29, 0.717) is 21.2 Å². The predicted octanol–water partition coefficient (Wildman–Crippen LogP) is 4.44. The Morgan fingerprint density at radius 3 is 2.79 bits per heavy atom. The van der Waals surface area contributed by atoms with E-state index in [2.05, 4.69) is 5.16 Å². The van der Waals surface area contributed by atoms with Crippen molar-refractivity contribution in [2.75, 3.05) is 5.73 Å². The SMILES string of the molecule is Nc1onc(-c2ccc(Cl)s2)c1-c1cccc(F)c1. The van der Waals surface area contributed by atoms with E-state index in [-0.39, 0.29) is 11.7 Å². The van der Waals surface area contributed by atoms with Crippen LogP contribution in [-0.2, 0) is 0 Å². The van der Waals surface area contributed by atoms with Crippen LogP contribution in [0.25, 0.3) is 21.7 Å². The number of nitrogen functional groups attached to an aromatic ring is 1. The largest absolute Gasteiger partial charge is 0.367 e. The molecule has 0 aliphatic rings. The minimum atomic E-state index is -0.340. The minimum absolute atomic E-state index is 0.158. The first kappa shape index (κ1) is 12.2. The molecule has 0 radical (unpaired) electrons. The van der Waals surface area contributed by atoms with Gasteiger partial charge in [-0.2, -0.15) is 0 Å². The van der Waals surface area contributed by atoms with E-state index < -0.39 is 0 Å². The van der Waals surface area contributed by atoms with Crippen molar-refractivity contribution in [2.24, 2.45) is 0 Å². The van der Waals surface area contributed by atoms with Crippen LogP contribution in [0.4, 0.5) is 10.3 Å². The molecule has 0 bridgehead atoms. The molecule has 0 aliphatic heterocycles. The number of hydrogen-bond donors (Lipinski definition) is 1. The van der Waals surface area contributed by atoms with Crippen molar-refractivity contribution in [2.45, 2.75) is 0 Å². The van der Waals surface area contributed by atoms with Gasteiger partial charge in [-0.15, -0.1) is 11.3 Å². The van der Waals surface area contributed by atoms with Crippen LogP contribution >= 0.6 is 22.9 Å². The van der Waals surface area contributed by atoms with Crippen molar-refractivity contribution in [3.8, 4) is 21.7 Å². The molecule has 6 heteroatoms. The fourth-order valence-electron chi connectivity index (χ4n) is 1.84. The third kappa shape index (κ3) is 2.22. The molecule has 3 nitrogen and oxygen atoms in total. The lowest BCUT2D eigenvalue weighted by Gasteiger charge is -2.01. The second-order valence-corrected chi connectivity index (χ2v) is 5.60. The molecular weight excluding hydrogens is 287 g/mol. The Morgan fingerprint density at radius 1 is 1.26 bits per heavy atom. The maximum atomic E-state index is 13.3. The average Bonchev–Trinajstić information content (AvgIpc) is 2.95. The topological polar surface area (TPSA) is 52.0 Å². The summed E-state index contributed by atoms with van der Waals surface area (Å²) in [6.07, 6.45) is 0. The third-order valence-electron chi connectivity index (χ3n) is 2.64. The lowest BCUT2D eigenvalue weighted by Crippen LogP contribution is -1.87. The number of nitrogens with zero attached hydrogens (tertiary/aromatic N) is 1. The summed E-state index contributed by atoms with van der Waals surface area (Å²) in [5.41, 5.74) is 7.56. The van der Waals surface area contributed by atoms with Gasteiger partial charge in [-0.3, -0.25) is 0 Å². The molecule has 0 aliphatic carbocycles. The van der Waals surface area contributed by atoms with E-state index in [1.165, 1.54) is 23.5 Å². The number of hydrogen-bond acceptors (Lipinski definition) is 4. The van der Waals surface area contributed by atoms with Crippen molar-refractivity contribution >= 4 is 28.8 Å². The fourth-order valence-corrected chi connectivity index (χ4v) is 2.87. The smallest absolute Gasteiger partial charge is 0.230 e. The Bertz CT molecular complexity index is 738. The van der Waals surface area contributed by atoms with Gasteiger partial charge in [0.15, 0.2) is 0 Å². The molecule has 3 aromatic rings. The lowest BCUT2D eigenvalue weighted by molar-refractivity contribution is 0.439. The van der Waals surface area contributed by atoms with E-state index >= 15 is 0 Å². The number of anilines is 1. The van der Waals surface area contributed by atoms with Crippen LogP contribution in [-0.4, -0.2) is 5.16 Å². The first-order valence-corrected chi connectivity index (χ1v) is 6.61. The van der Waals surface area contributed by atoms with Gasteiger partial charge in [-0.25, -0.2) is 4.39 Å². The van der Waals surface area contributed by atoms with Crippen molar-refractivity contribution in [3.05, 3.63) is 46.6 Å². The standard InChI is InChI=1S/C13H8ClFN2OS/c14-10-5-4-9(19-10)12-11(13(16)18-17-12)7-2-1-3-8(15)6-7/h1-6H,16H2. The maximum Gasteiger partial charge on any atom is 0.230 e. The molecule has 0 spiro atoms. The van der Waals surface area contributed by atoms with Crippen LogP contribution in [0.3, 0.4) is 0 Å². The van der Waals surface area contributed by atoms with Gasteiger partial charge in [0.05, 0.1) is 14.8 Å². The van der Waals surface area contributed by atoms with Gasteiger partial charge < -0.3 is 10.3 Å². The lowest BCUT2D eigenvalue weighted by atomic mass is 10.0. The molecule has 96 valence electrons. The molecule has 0 fully saturated rings. The highest BCUT2D eigenvalue weighted by Gasteiger charge is 2.19. The van der Waals surface area contributed by atoms with Gasteiger partial charge in [-0.1, -0.05) is 28.9 Å². The number of aromatic nitrogens is 1. The van der Waals surface area contributed by atoms with Crippen molar-refractivity contribution in [1.82, 2.24) is 5.16 Å². The van der Waals surface area contributed by atoms with Crippen LogP contribution in [0.2, 0.25) is 4.34 Å². The summed E-state index contributed by atoms with van der Waals surface area (Å²) in [5.74, 6) is -0.182. The summed E-state index contributed by atoms with van der Waals surface area (Å²) in [6.45, 7) is 0. The zero-order chi connectivity index (χ0) is 13.4. The summed E-state index contributed by atoms with van der Waals surface area (Å²) >= 11 is 7.27. The fraction of sp³-hybridized carbons (Fsp3) is 0. The summed E-state index contributed by atoms with van der Waals surface area (Å²) in [5, 5.41) is 3.93. The molecule has 1 aromatic carbocycles. The molecule has 0 amide bonds. The molecule has 3 rings (SSSR count). The van der Waals surface area contributed by atoms with Gasteiger partial charge in [0.1, 0.15) is 11.5 Å². The summed E-state index contributed by atoms with van der Waals surface area (Å²) in [4.78, 5) is 0.824. The molecule has 2 heterocycles. The summed E-state index contributed by atoms with van der Waals surface area (Å²) < 4.78 is 19.0. The van der Waals surface area contributed by atoms with Crippen molar-refractivity contribution in [1.29, 1.82) is 0 Å². The number of halogens is 2. The van der Waals surface area contributed by atoms with Crippen LogP contribution in [0.5, 0.6) is 0 Å². The Kier molecular flexibility index (Phi) is 3.00. The van der Waals surface area contributed by atoms with Crippen LogP contribution in [0.1, 0.15) is 0 Å². The normalized spacial score (nSPS) is 10.8. The predicted molar refractivity (Wildman–Crippen MR) is 74.6 cm³/mol. The Hall–Kier alpha value is -1.85. The van der Waals surface area contributed by atoms with E-state index in [9.17, 15) is 4.39 Å². The minimum Gasteiger partial charge on any atom is -0.367 e. The molecule has 2 N–H and O–H groups in total. The Balaban J connectivity index is 2.19. The second-order valence-electron chi connectivity index (χ2n) is 3.88. The number of thiophene rings is 1. The van der Waals surface area contributed by atoms with Crippen molar-refractivity contribution in [3.63, 3.8) is 0 Å². The van der Waals surface area contributed by atoms with E-state index in [0.717, 1.165) is 4.88 Å². The maximum absolute atomic E-state index is 13.3. The summed E-state index contributed by atoms with van der Waals surface area (Å²) in [7, 11) is 0. The zero-order valence-electron chi connectivity index (χ0n) is 9.56. The van der Waals surface area contributed by atoms with Gasteiger partial charge in [-0.05, 0) is 29.8 Å². The second kappa shape index (κ2) is 4.68. The summed E-state index contributed by atoms with van der Waals surface area (Å²) in [6, 6.07) is 9.72. The number of rotatable bonds is 2. The van der Waals surface area contributed by atoms with E-state index in [4.69, 9.17) is 21.9 Å².